The average Bonchev–Trinajstić information content (AvgIpc) is 2.22. The zero-order valence-electron chi connectivity index (χ0n) is 8.27. The monoisotopic (exact) mass is 229 g/mol. The highest BCUT2D eigenvalue weighted by Crippen LogP contribution is 2.29. The van der Waals surface area contributed by atoms with Crippen molar-refractivity contribution in [1.29, 1.82) is 0 Å². The molecule has 5 heteroatoms. The molecule has 0 aliphatic carbocycles. The van der Waals surface area contributed by atoms with Crippen LogP contribution in [0.2, 0.25) is 0 Å². The fraction of sp³-hybridized carbons (Fsp3) is 0.182. The van der Waals surface area contributed by atoms with Gasteiger partial charge in [0.05, 0.1) is 5.52 Å². The molecule has 0 fully saturated rings. The summed E-state index contributed by atoms with van der Waals surface area (Å²) in [5.74, 6) is -0.529. The molecule has 0 saturated carbocycles. The van der Waals surface area contributed by atoms with E-state index in [-0.39, 0.29) is 10.9 Å². The number of pyridine rings is 1. The first kappa shape index (κ1) is 10.9. The number of aromatic nitrogens is 1. The summed E-state index contributed by atoms with van der Waals surface area (Å²) in [6, 6.07) is 4.67. The lowest BCUT2D eigenvalue weighted by atomic mass is 10.1. The molecule has 0 aliphatic heterocycles. The SMILES string of the molecule is Cc1ccc2nc(C(F)(F)F)ccc2c1F. The van der Waals surface area contributed by atoms with Crippen LogP contribution < -0.4 is 0 Å². The molecule has 0 unspecified atom stereocenters. The van der Waals surface area contributed by atoms with Gasteiger partial charge >= 0.3 is 6.18 Å². The number of nitrogens with zero attached hydrogens (tertiary/aromatic N) is 1. The van der Waals surface area contributed by atoms with Gasteiger partial charge in [-0.05, 0) is 30.7 Å². The first-order chi connectivity index (χ1) is 7.39. The van der Waals surface area contributed by atoms with E-state index in [1.807, 2.05) is 0 Å². The number of hydrogen-bond donors (Lipinski definition) is 0. The zero-order valence-corrected chi connectivity index (χ0v) is 8.27. The predicted molar refractivity (Wildman–Crippen MR) is 51.4 cm³/mol. The molecule has 84 valence electrons. The zero-order chi connectivity index (χ0) is 11.9. The van der Waals surface area contributed by atoms with Crippen LogP contribution in [-0.2, 0) is 6.18 Å². The van der Waals surface area contributed by atoms with Gasteiger partial charge in [0, 0.05) is 5.39 Å². The van der Waals surface area contributed by atoms with Crippen LogP contribution in [0, 0.1) is 12.7 Å². The van der Waals surface area contributed by atoms with E-state index in [0.717, 1.165) is 12.1 Å². The van der Waals surface area contributed by atoms with Crippen molar-refractivity contribution in [3.63, 3.8) is 0 Å². The summed E-state index contributed by atoms with van der Waals surface area (Å²) < 4.78 is 50.5. The molecule has 1 heterocycles. The Morgan fingerprint density at radius 1 is 1.06 bits per heavy atom. The number of hydrogen-bond acceptors (Lipinski definition) is 1. The molecule has 0 bridgehead atoms. The minimum absolute atomic E-state index is 0.0120. The highest BCUT2D eigenvalue weighted by Gasteiger charge is 2.32. The lowest BCUT2D eigenvalue weighted by Gasteiger charge is -2.07. The van der Waals surface area contributed by atoms with Crippen LogP contribution in [0.4, 0.5) is 17.6 Å². The summed E-state index contributed by atoms with van der Waals surface area (Å²) in [6.45, 7) is 1.55. The van der Waals surface area contributed by atoms with Gasteiger partial charge in [-0.1, -0.05) is 6.07 Å². The van der Waals surface area contributed by atoms with Gasteiger partial charge in [0.25, 0.3) is 0 Å². The lowest BCUT2D eigenvalue weighted by Crippen LogP contribution is -2.07. The van der Waals surface area contributed by atoms with Crippen LogP contribution in [0.25, 0.3) is 10.9 Å². The van der Waals surface area contributed by atoms with Crippen molar-refractivity contribution < 1.29 is 17.6 Å². The standard InChI is InChI=1S/C11H7F4N/c1-6-2-4-8-7(10(6)12)3-5-9(16-8)11(13,14)15/h2-5H,1H3. The van der Waals surface area contributed by atoms with E-state index in [9.17, 15) is 17.6 Å². The number of fused-ring (bicyclic) bond motifs is 1. The van der Waals surface area contributed by atoms with Crippen molar-refractivity contribution in [3.05, 3.63) is 41.3 Å². The third-order valence-corrected chi connectivity index (χ3v) is 2.29. The Morgan fingerprint density at radius 2 is 1.75 bits per heavy atom. The summed E-state index contributed by atoms with van der Waals surface area (Å²) in [5.41, 5.74) is -0.616. The van der Waals surface area contributed by atoms with Crippen LogP contribution in [0.3, 0.4) is 0 Å². The molecule has 1 nitrogen and oxygen atoms in total. The van der Waals surface area contributed by atoms with Gasteiger partial charge in [0.15, 0.2) is 0 Å². The fourth-order valence-electron chi connectivity index (χ4n) is 1.43. The van der Waals surface area contributed by atoms with E-state index in [0.29, 0.717) is 5.56 Å². The van der Waals surface area contributed by atoms with Crippen molar-refractivity contribution in [2.75, 3.05) is 0 Å². The van der Waals surface area contributed by atoms with E-state index >= 15 is 0 Å². The van der Waals surface area contributed by atoms with Gasteiger partial charge in [-0.3, -0.25) is 0 Å². The summed E-state index contributed by atoms with van der Waals surface area (Å²) in [6.07, 6.45) is -4.50. The van der Waals surface area contributed by atoms with Crippen molar-refractivity contribution >= 4 is 10.9 Å². The molecule has 0 aliphatic rings. The molecule has 1 aromatic carbocycles. The number of rotatable bonds is 0. The maximum Gasteiger partial charge on any atom is 0.433 e. The van der Waals surface area contributed by atoms with E-state index in [4.69, 9.17) is 0 Å². The average molecular weight is 229 g/mol. The van der Waals surface area contributed by atoms with Crippen LogP contribution in [0.5, 0.6) is 0 Å². The molecule has 0 amide bonds. The Balaban J connectivity index is 2.70. The molecular formula is C11H7F4N. The van der Waals surface area contributed by atoms with Gasteiger partial charge in [-0.15, -0.1) is 0 Å². The molecule has 0 radical (unpaired) electrons. The highest BCUT2D eigenvalue weighted by molar-refractivity contribution is 5.80. The summed E-state index contributed by atoms with van der Waals surface area (Å²) in [5, 5.41) is 0.105. The van der Waals surface area contributed by atoms with Gasteiger partial charge in [-0.2, -0.15) is 13.2 Å². The van der Waals surface area contributed by atoms with E-state index < -0.39 is 17.7 Å². The maximum atomic E-state index is 13.5. The smallest absolute Gasteiger partial charge is 0.243 e. The second-order valence-electron chi connectivity index (χ2n) is 3.46. The maximum absolute atomic E-state index is 13.5. The van der Waals surface area contributed by atoms with Gasteiger partial charge < -0.3 is 0 Å². The van der Waals surface area contributed by atoms with Crippen LogP contribution >= 0.6 is 0 Å². The predicted octanol–water partition coefficient (Wildman–Crippen LogP) is 3.70. The summed E-state index contributed by atoms with van der Waals surface area (Å²) >= 11 is 0. The normalized spacial score (nSPS) is 12.1. The van der Waals surface area contributed by atoms with Crippen LogP contribution in [0.15, 0.2) is 24.3 Å². The molecule has 0 saturated heterocycles. The number of alkyl halides is 3. The summed E-state index contributed by atoms with van der Waals surface area (Å²) in [4.78, 5) is 3.38. The second-order valence-corrected chi connectivity index (χ2v) is 3.46. The molecule has 0 spiro atoms. The minimum Gasteiger partial charge on any atom is -0.243 e. The van der Waals surface area contributed by atoms with Gasteiger partial charge in [0.2, 0.25) is 0 Å². The molecule has 2 rings (SSSR count). The van der Waals surface area contributed by atoms with E-state index in [2.05, 4.69) is 4.98 Å². The fourth-order valence-corrected chi connectivity index (χ4v) is 1.43. The summed E-state index contributed by atoms with van der Waals surface area (Å²) in [7, 11) is 0. The first-order valence-corrected chi connectivity index (χ1v) is 4.52. The Labute approximate surface area is 88.7 Å². The van der Waals surface area contributed by atoms with Gasteiger partial charge in [0.1, 0.15) is 11.5 Å². The van der Waals surface area contributed by atoms with Crippen molar-refractivity contribution in [2.45, 2.75) is 13.1 Å². The molecule has 1 aromatic heterocycles. The molecule has 0 atom stereocenters. The van der Waals surface area contributed by atoms with Gasteiger partial charge in [-0.25, -0.2) is 9.37 Å². The molecule has 2 aromatic rings. The van der Waals surface area contributed by atoms with Crippen LogP contribution in [-0.4, -0.2) is 4.98 Å². The third kappa shape index (κ3) is 1.73. The van der Waals surface area contributed by atoms with Crippen molar-refractivity contribution in [1.82, 2.24) is 4.98 Å². The second kappa shape index (κ2) is 3.43. The van der Waals surface area contributed by atoms with Crippen molar-refractivity contribution in [3.8, 4) is 0 Å². The molecule has 16 heavy (non-hydrogen) atoms. The third-order valence-electron chi connectivity index (χ3n) is 2.29. The van der Waals surface area contributed by atoms with E-state index in [1.165, 1.54) is 12.1 Å². The molecule has 0 N–H and O–H groups in total. The number of halogens is 4. The Morgan fingerprint density at radius 3 is 2.38 bits per heavy atom. The Bertz CT molecular complexity index is 545. The van der Waals surface area contributed by atoms with Crippen LogP contribution in [0.1, 0.15) is 11.3 Å². The Kier molecular flexibility index (Phi) is 2.33. The minimum atomic E-state index is -4.50. The number of aryl methyl sites for hydroxylation is 1. The number of benzene rings is 1. The topological polar surface area (TPSA) is 12.9 Å². The van der Waals surface area contributed by atoms with E-state index in [1.54, 1.807) is 6.92 Å². The highest BCUT2D eigenvalue weighted by atomic mass is 19.4. The quantitative estimate of drug-likeness (QED) is 0.627. The largest absolute Gasteiger partial charge is 0.433 e. The molecular weight excluding hydrogens is 222 g/mol. The first-order valence-electron chi connectivity index (χ1n) is 4.52. The van der Waals surface area contributed by atoms with Crippen molar-refractivity contribution in [2.24, 2.45) is 0 Å². The Hall–Kier alpha value is -1.65. The lowest BCUT2D eigenvalue weighted by molar-refractivity contribution is -0.140.